The van der Waals surface area contributed by atoms with Crippen LogP contribution in [0, 0.1) is 5.92 Å². The van der Waals surface area contributed by atoms with Crippen LogP contribution >= 0.6 is 11.6 Å². The Bertz CT molecular complexity index is 876. The molecule has 7 nitrogen and oxygen atoms in total. The molecule has 2 aliphatic rings. The van der Waals surface area contributed by atoms with Crippen molar-refractivity contribution in [3.8, 4) is 0 Å². The van der Waals surface area contributed by atoms with E-state index in [-0.39, 0.29) is 11.3 Å². The molecule has 2 heterocycles. The first kappa shape index (κ1) is 24.4. The van der Waals surface area contributed by atoms with Gasteiger partial charge in [0.1, 0.15) is 16.9 Å². The minimum Gasteiger partial charge on any atom is -0.377 e. The summed E-state index contributed by atoms with van der Waals surface area (Å²) in [6.07, 6.45) is 5.88. The number of morpholine rings is 1. The molecule has 1 saturated heterocycles. The summed E-state index contributed by atoms with van der Waals surface area (Å²) in [5.74, 6) is 1.10. The van der Waals surface area contributed by atoms with E-state index < -0.39 is 19.8 Å². The number of aldehydes is 1. The summed E-state index contributed by atoms with van der Waals surface area (Å²) in [5.41, 5.74) is 0.521. The molecule has 0 amide bonds. The molecule has 0 radical (unpaired) electrons. The SMILES string of the molecule is CC(CCC=O)CCCC(C)S(=O)(=O)C1(c2cc(N3CCOC[C@@H]3C)nc(Cl)n2)CC1. The Balaban J connectivity index is 1.74. The standard InChI is InChI=1S/C22H34ClN3O4S/c1-16(7-5-12-27)6-4-8-18(3)31(28,29)22(9-10-22)19-14-20(25-21(23)24-19)26-11-13-30-15-17(26)2/h12,14,16-18H,4-11,13,15H2,1-3H3/t16?,17-,18?/m0/s1. The van der Waals surface area contributed by atoms with Gasteiger partial charge in [-0.15, -0.1) is 0 Å². The van der Waals surface area contributed by atoms with Crippen molar-refractivity contribution >= 4 is 33.5 Å². The van der Waals surface area contributed by atoms with Crippen LogP contribution in [0.15, 0.2) is 6.07 Å². The number of carbonyl (C=O) groups excluding carboxylic acids is 1. The maximum absolute atomic E-state index is 13.5. The van der Waals surface area contributed by atoms with Crippen LogP contribution in [0.4, 0.5) is 5.82 Å². The summed E-state index contributed by atoms with van der Waals surface area (Å²) in [4.78, 5) is 21.4. The Labute approximate surface area is 190 Å². The van der Waals surface area contributed by atoms with E-state index in [0.29, 0.717) is 62.9 Å². The number of rotatable bonds is 11. The van der Waals surface area contributed by atoms with Crippen LogP contribution in [0.25, 0.3) is 0 Å². The Morgan fingerprint density at radius 1 is 1.29 bits per heavy atom. The predicted octanol–water partition coefficient (Wildman–Crippen LogP) is 3.93. The number of hydrogen-bond donors (Lipinski definition) is 0. The van der Waals surface area contributed by atoms with E-state index >= 15 is 0 Å². The molecule has 1 aromatic heterocycles. The molecule has 0 aromatic carbocycles. The highest BCUT2D eigenvalue weighted by Gasteiger charge is 2.58. The maximum atomic E-state index is 13.5. The smallest absolute Gasteiger partial charge is 0.224 e. The number of sulfone groups is 1. The van der Waals surface area contributed by atoms with Gasteiger partial charge in [-0.2, -0.15) is 0 Å². The lowest BCUT2D eigenvalue weighted by Crippen LogP contribution is -2.44. The minimum absolute atomic E-state index is 0.0873. The second-order valence-corrected chi connectivity index (χ2v) is 12.1. The lowest BCUT2D eigenvalue weighted by atomic mass is 9.99. The minimum atomic E-state index is -3.42. The van der Waals surface area contributed by atoms with Crippen LogP contribution in [0.5, 0.6) is 0 Å². The first-order chi connectivity index (χ1) is 14.7. The van der Waals surface area contributed by atoms with Gasteiger partial charge in [-0.25, -0.2) is 18.4 Å². The van der Waals surface area contributed by atoms with E-state index in [0.717, 1.165) is 25.5 Å². The third-order valence-electron chi connectivity index (χ3n) is 6.68. The quantitative estimate of drug-likeness (QED) is 0.356. The van der Waals surface area contributed by atoms with Crippen molar-refractivity contribution in [2.45, 2.75) is 81.8 Å². The third kappa shape index (κ3) is 5.40. The van der Waals surface area contributed by atoms with Crippen molar-refractivity contribution in [3.63, 3.8) is 0 Å². The van der Waals surface area contributed by atoms with Gasteiger partial charge in [-0.1, -0.05) is 19.8 Å². The number of aromatic nitrogens is 2. The summed E-state index contributed by atoms with van der Waals surface area (Å²) in [7, 11) is -3.42. The van der Waals surface area contributed by atoms with Crippen molar-refractivity contribution in [2.24, 2.45) is 5.92 Å². The second kappa shape index (κ2) is 10.1. The van der Waals surface area contributed by atoms with Gasteiger partial charge in [0, 0.05) is 19.0 Å². The highest BCUT2D eigenvalue weighted by atomic mass is 35.5. The molecule has 3 atom stereocenters. The van der Waals surface area contributed by atoms with Gasteiger partial charge in [-0.05, 0) is 57.0 Å². The van der Waals surface area contributed by atoms with Crippen molar-refractivity contribution in [1.82, 2.24) is 9.97 Å². The highest BCUT2D eigenvalue weighted by Crippen LogP contribution is 2.54. The lowest BCUT2D eigenvalue weighted by Gasteiger charge is -2.34. The Kier molecular flexibility index (Phi) is 7.97. The van der Waals surface area contributed by atoms with E-state index in [1.807, 2.05) is 6.07 Å². The first-order valence-corrected chi connectivity index (χ1v) is 13.2. The van der Waals surface area contributed by atoms with Crippen molar-refractivity contribution in [2.75, 3.05) is 24.7 Å². The van der Waals surface area contributed by atoms with Gasteiger partial charge in [0.05, 0.1) is 30.2 Å². The largest absolute Gasteiger partial charge is 0.377 e. The summed E-state index contributed by atoms with van der Waals surface area (Å²) in [6.45, 7) is 7.86. The van der Waals surface area contributed by atoms with Crippen LogP contribution < -0.4 is 4.90 Å². The van der Waals surface area contributed by atoms with Crippen LogP contribution in [-0.4, -0.2) is 55.7 Å². The van der Waals surface area contributed by atoms with Crippen LogP contribution in [0.1, 0.15) is 71.4 Å². The first-order valence-electron chi connectivity index (χ1n) is 11.3. The zero-order chi connectivity index (χ0) is 22.6. The summed E-state index contributed by atoms with van der Waals surface area (Å²) in [6, 6.07) is 1.95. The normalized spacial score (nSPS) is 22.7. The van der Waals surface area contributed by atoms with E-state index in [1.54, 1.807) is 6.92 Å². The average Bonchev–Trinajstić information content (AvgIpc) is 3.54. The Morgan fingerprint density at radius 3 is 2.68 bits per heavy atom. The molecule has 9 heteroatoms. The fourth-order valence-electron chi connectivity index (χ4n) is 4.44. The molecule has 174 valence electrons. The number of hydrogen-bond acceptors (Lipinski definition) is 7. The Morgan fingerprint density at radius 2 is 2.03 bits per heavy atom. The summed E-state index contributed by atoms with van der Waals surface area (Å²) in [5, 5.41) is -0.364. The molecule has 1 aliphatic heterocycles. The van der Waals surface area contributed by atoms with Gasteiger partial charge in [0.25, 0.3) is 0 Å². The molecule has 0 N–H and O–H groups in total. The molecule has 1 saturated carbocycles. The van der Waals surface area contributed by atoms with Crippen LogP contribution in [0.3, 0.4) is 0 Å². The monoisotopic (exact) mass is 471 g/mol. The van der Waals surface area contributed by atoms with Gasteiger partial charge >= 0.3 is 0 Å². The van der Waals surface area contributed by atoms with Crippen molar-refractivity contribution in [3.05, 3.63) is 17.0 Å². The molecule has 2 unspecified atom stereocenters. The zero-order valence-electron chi connectivity index (χ0n) is 18.7. The van der Waals surface area contributed by atoms with Gasteiger partial charge in [-0.3, -0.25) is 0 Å². The molecular formula is C22H34ClN3O4S. The second-order valence-electron chi connectivity index (χ2n) is 9.13. The molecule has 2 fully saturated rings. The lowest BCUT2D eigenvalue weighted by molar-refractivity contribution is -0.108. The van der Waals surface area contributed by atoms with Crippen molar-refractivity contribution < 1.29 is 17.9 Å². The zero-order valence-corrected chi connectivity index (χ0v) is 20.3. The summed E-state index contributed by atoms with van der Waals surface area (Å²) >= 11 is 6.24. The number of ether oxygens (including phenoxy) is 1. The highest BCUT2D eigenvalue weighted by molar-refractivity contribution is 7.93. The topological polar surface area (TPSA) is 89.5 Å². The average molecular weight is 472 g/mol. The van der Waals surface area contributed by atoms with E-state index in [1.165, 1.54) is 0 Å². The molecule has 1 aliphatic carbocycles. The van der Waals surface area contributed by atoms with Gasteiger partial charge in [0.2, 0.25) is 5.28 Å². The molecule has 1 aromatic rings. The van der Waals surface area contributed by atoms with E-state index in [4.69, 9.17) is 16.3 Å². The molecule has 31 heavy (non-hydrogen) atoms. The fourth-order valence-corrected chi connectivity index (χ4v) is 6.94. The van der Waals surface area contributed by atoms with Gasteiger partial charge < -0.3 is 14.4 Å². The number of nitrogens with zero attached hydrogens (tertiary/aromatic N) is 3. The summed E-state index contributed by atoms with van der Waals surface area (Å²) < 4.78 is 31.6. The maximum Gasteiger partial charge on any atom is 0.224 e. The molecule has 0 spiro atoms. The van der Waals surface area contributed by atoms with Crippen molar-refractivity contribution in [1.29, 1.82) is 0 Å². The van der Waals surface area contributed by atoms with Gasteiger partial charge in [0.15, 0.2) is 9.84 Å². The predicted molar refractivity (Wildman–Crippen MR) is 122 cm³/mol. The third-order valence-corrected chi connectivity index (χ3v) is 9.85. The Hall–Kier alpha value is -1.25. The molecule has 0 bridgehead atoms. The van der Waals surface area contributed by atoms with Crippen LogP contribution in [-0.2, 0) is 24.1 Å². The molecule has 3 rings (SSSR count). The number of anilines is 1. The van der Waals surface area contributed by atoms with Crippen LogP contribution in [0.2, 0.25) is 5.28 Å². The fraction of sp³-hybridized carbons (Fsp3) is 0.773. The van der Waals surface area contributed by atoms with E-state index in [9.17, 15) is 13.2 Å². The van der Waals surface area contributed by atoms with E-state index in [2.05, 4.69) is 28.7 Å². The number of carbonyl (C=O) groups is 1. The number of halogens is 1. The molecular weight excluding hydrogens is 438 g/mol.